The van der Waals surface area contributed by atoms with E-state index in [-0.39, 0.29) is 11.2 Å². The van der Waals surface area contributed by atoms with Gasteiger partial charge in [-0.25, -0.2) is 18.4 Å². The number of guanidine groups is 1. The zero-order valence-electron chi connectivity index (χ0n) is 14.6. The number of aliphatic imine (C=N–C) groups is 1. The maximum absolute atomic E-state index is 11.3. The molecule has 0 saturated heterocycles. The minimum absolute atomic E-state index is 0.128. The number of rotatable bonds is 8. The Balaban J connectivity index is 2.57. The topological polar surface area (TPSA) is 83.4 Å². The maximum Gasteiger partial charge on any atom is 0.191 e. The van der Waals surface area contributed by atoms with Crippen molar-refractivity contribution in [3.05, 3.63) is 16.1 Å². The lowest BCUT2D eigenvalue weighted by Crippen LogP contribution is -2.42. The molecule has 23 heavy (non-hydrogen) atoms. The first-order valence-electron chi connectivity index (χ1n) is 7.72. The molecule has 1 aromatic rings. The molecule has 0 atom stereocenters. The fourth-order valence-electron chi connectivity index (χ4n) is 1.84. The number of aryl methyl sites for hydroxylation is 1. The molecule has 0 bridgehead atoms. The standard InChI is InChI=1S/C15H28N4O2S2/c1-6-16-14(18-10-13-17-9-12(2)22-13)19-11-15(3,4)7-8-23(5,20)21/h9H,6-8,10-11H2,1-5H3,(H2,16,18,19). The van der Waals surface area contributed by atoms with E-state index in [0.717, 1.165) is 17.5 Å². The summed E-state index contributed by atoms with van der Waals surface area (Å²) in [5.41, 5.74) is -0.128. The van der Waals surface area contributed by atoms with Crippen LogP contribution in [0.3, 0.4) is 0 Å². The van der Waals surface area contributed by atoms with Crippen molar-refractivity contribution in [2.75, 3.05) is 25.1 Å². The summed E-state index contributed by atoms with van der Waals surface area (Å²) < 4.78 is 22.6. The highest BCUT2D eigenvalue weighted by Crippen LogP contribution is 2.19. The fraction of sp³-hybridized carbons (Fsp3) is 0.733. The highest BCUT2D eigenvalue weighted by Gasteiger charge is 2.20. The molecule has 1 rings (SSSR count). The zero-order valence-corrected chi connectivity index (χ0v) is 16.3. The summed E-state index contributed by atoms with van der Waals surface area (Å²) in [6.45, 7) is 10.1. The molecular weight excluding hydrogens is 332 g/mol. The van der Waals surface area contributed by atoms with Gasteiger partial charge in [-0.05, 0) is 25.7 Å². The largest absolute Gasteiger partial charge is 0.357 e. The average molecular weight is 361 g/mol. The van der Waals surface area contributed by atoms with E-state index in [1.54, 1.807) is 11.3 Å². The first kappa shape index (κ1) is 19.9. The monoisotopic (exact) mass is 360 g/mol. The molecule has 1 aromatic heterocycles. The predicted octanol–water partition coefficient (Wildman–Crippen LogP) is 1.97. The molecule has 0 aliphatic rings. The van der Waals surface area contributed by atoms with Crippen molar-refractivity contribution in [1.82, 2.24) is 15.6 Å². The molecule has 8 heteroatoms. The number of aromatic nitrogens is 1. The van der Waals surface area contributed by atoms with Crippen molar-refractivity contribution in [2.45, 2.75) is 40.7 Å². The average Bonchev–Trinajstić information content (AvgIpc) is 2.85. The second-order valence-corrected chi connectivity index (χ2v) is 10.0. The van der Waals surface area contributed by atoms with Gasteiger partial charge in [0, 0.05) is 30.4 Å². The summed E-state index contributed by atoms with van der Waals surface area (Å²) in [5.74, 6) is 0.932. The van der Waals surface area contributed by atoms with E-state index in [4.69, 9.17) is 0 Å². The van der Waals surface area contributed by atoms with Crippen LogP contribution in [0.1, 0.15) is 37.1 Å². The second kappa shape index (κ2) is 8.63. The van der Waals surface area contributed by atoms with E-state index >= 15 is 0 Å². The van der Waals surface area contributed by atoms with Gasteiger partial charge in [0.15, 0.2) is 5.96 Å². The first-order valence-corrected chi connectivity index (χ1v) is 10.6. The van der Waals surface area contributed by atoms with Crippen LogP contribution in [0.5, 0.6) is 0 Å². The van der Waals surface area contributed by atoms with Crippen molar-refractivity contribution in [2.24, 2.45) is 10.4 Å². The molecule has 1 heterocycles. The molecule has 0 aliphatic carbocycles. The van der Waals surface area contributed by atoms with Crippen molar-refractivity contribution >= 4 is 27.1 Å². The molecule has 0 aliphatic heterocycles. The second-order valence-electron chi connectivity index (χ2n) is 6.46. The Labute approximate surface area is 143 Å². The summed E-state index contributed by atoms with van der Waals surface area (Å²) in [7, 11) is -2.93. The van der Waals surface area contributed by atoms with Crippen LogP contribution in [0.2, 0.25) is 0 Å². The highest BCUT2D eigenvalue weighted by molar-refractivity contribution is 7.90. The fourth-order valence-corrected chi connectivity index (χ4v) is 3.47. The predicted molar refractivity (Wildman–Crippen MR) is 97.8 cm³/mol. The van der Waals surface area contributed by atoms with Gasteiger partial charge < -0.3 is 10.6 Å². The molecule has 0 aromatic carbocycles. The summed E-state index contributed by atoms with van der Waals surface area (Å²) in [5, 5.41) is 7.48. The quantitative estimate of drug-likeness (QED) is 0.547. The van der Waals surface area contributed by atoms with Crippen LogP contribution in [-0.4, -0.2) is 44.5 Å². The molecule has 0 amide bonds. The molecule has 6 nitrogen and oxygen atoms in total. The van der Waals surface area contributed by atoms with Crippen LogP contribution in [0.25, 0.3) is 0 Å². The van der Waals surface area contributed by atoms with Crippen LogP contribution in [0.4, 0.5) is 0 Å². The van der Waals surface area contributed by atoms with Crippen LogP contribution >= 0.6 is 11.3 Å². The lowest BCUT2D eigenvalue weighted by Gasteiger charge is -2.25. The molecular formula is C15H28N4O2S2. The number of nitrogens with one attached hydrogen (secondary N) is 2. The molecule has 0 fully saturated rings. The molecule has 0 unspecified atom stereocenters. The van der Waals surface area contributed by atoms with Crippen molar-refractivity contribution in [1.29, 1.82) is 0 Å². The third-order valence-electron chi connectivity index (χ3n) is 3.27. The van der Waals surface area contributed by atoms with E-state index in [1.807, 2.05) is 20.0 Å². The minimum atomic E-state index is -2.93. The van der Waals surface area contributed by atoms with Gasteiger partial charge in [-0.2, -0.15) is 0 Å². The van der Waals surface area contributed by atoms with Gasteiger partial charge in [-0.1, -0.05) is 13.8 Å². The van der Waals surface area contributed by atoms with Crippen LogP contribution in [-0.2, 0) is 16.4 Å². The Hall–Kier alpha value is -1.15. The van der Waals surface area contributed by atoms with Gasteiger partial charge in [0.05, 0.1) is 12.3 Å². The third kappa shape index (κ3) is 8.90. The highest BCUT2D eigenvalue weighted by atomic mass is 32.2. The van der Waals surface area contributed by atoms with E-state index < -0.39 is 9.84 Å². The Morgan fingerprint density at radius 3 is 2.61 bits per heavy atom. The lowest BCUT2D eigenvalue weighted by molar-refractivity contribution is 0.348. The molecule has 2 N–H and O–H groups in total. The molecule has 0 radical (unpaired) electrons. The summed E-state index contributed by atoms with van der Waals surface area (Å²) in [6, 6.07) is 0. The summed E-state index contributed by atoms with van der Waals surface area (Å²) in [4.78, 5) is 10.0. The number of nitrogens with zero attached hydrogens (tertiary/aromatic N) is 2. The van der Waals surface area contributed by atoms with E-state index in [0.29, 0.717) is 19.5 Å². The van der Waals surface area contributed by atoms with Gasteiger partial charge >= 0.3 is 0 Å². The number of thiazole rings is 1. The summed E-state index contributed by atoms with van der Waals surface area (Å²) in [6.07, 6.45) is 3.74. The van der Waals surface area contributed by atoms with Crippen LogP contribution in [0, 0.1) is 12.3 Å². The summed E-state index contributed by atoms with van der Waals surface area (Å²) >= 11 is 1.64. The lowest BCUT2D eigenvalue weighted by atomic mass is 9.90. The van der Waals surface area contributed by atoms with Gasteiger partial charge in [0.2, 0.25) is 0 Å². The number of hydrogen-bond donors (Lipinski definition) is 2. The first-order chi connectivity index (χ1) is 10.6. The van der Waals surface area contributed by atoms with Gasteiger partial charge in [0.25, 0.3) is 0 Å². The Morgan fingerprint density at radius 1 is 1.39 bits per heavy atom. The van der Waals surface area contributed by atoms with Crippen LogP contribution < -0.4 is 10.6 Å². The van der Waals surface area contributed by atoms with E-state index in [2.05, 4.69) is 34.5 Å². The number of hydrogen-bond acceptors (Lipinski definition) is 5. The Morgan fingerprint density at radius 2 is 2.09 bits per heavy atom. The van der Waals surface area contributed by atoms with Gasteiger partial charge in [-0.15, -0.1) is 11.3 Å². The van der Waals surface area contributed by atoms with Gasteiger partial charge in [-0.3, -0.25) is 0 Å². The Kier molecular flexibility index (Phi) is 7.47. The molecule has 0 saturated carbocycles. The zero-order chi connectivity index (χ0) is 17.5. The van der Waals surface area contributed by atoms with Crippen molar-refractivity contribution < 1.29 is 8.42 Å². The molecule has 132 valence electrons. The SMILES string of the molecule is CCNC(=NCc1ncc(C)s1)NCC(C)(C)CCS(C)(=O)=O. The van der Waals surface area contributed by atoms with Gasteiger partial charge in [0.1, 0.15) is 14.8 Å². The van der Waals surface area contributed by atoms with Crippen molar-refractivity contribution in [3.63, 3.8) is 0 Å². The minimum Gasteiger partial charge on any atom is -0.357 e. The third-order valence-corrected chi connectivity index (χ3v) is 5.11. The normalized spacial score (nSPS) is 13.2. The van der Waals surface area contributed by atoms with E-state index in [9.17, 15) is 8.42 Å². The van der Waals surface area contributed by atoms with Crippen molar-refractivity contribution in [3.8, 4) is 0 Å². The molecule has 0 spiro atoms. The van der Waals surface area contributed by atoms with E-state index in [1.165, 1.54) is 11.1 Å². The number of sulfone groups is 1. The van der Waals surface area contributed by atoms with Crippen LogP contribution in [0.15, 0.2) is 11.2 Å². The Bertz CT molecular complexity index is 621. The maximum atomic E-state index is 11.3. The smallest absolute Gasteiger partial charge is 0.191 e.